The van der Waals surface area contributed by atoms with Gasteiger partial charge in [-0.25, -0.2) is 0 Å². The Labute approximate surface area is 76.0 Å². The number of hydrogen-bond acceptors (Lipinski definition) is 3. The predicted molar refractivity (Wildman–Crippen MR) is 47.7 cm³/mol. The first-order valence-electron chi connectivity index (χ1n) is 4.01. The van der Waals surface area contributed by atoms with Crippen LogP contribution < -0.4 is 0 Å². The van der Waals surface area contributed by atoms with Crippen molar-refractivity contribution in [2.45, 2.75) is 13.3 Å². The van der Waals surface area contributed by atoms with Crippen LogP contribution in [0, 0.1) is 0 Å². The van der Waals surface area contributed by atoms with Gasteiger partial charge in [-0.2, -0.15) is 0 Å². The van der Waals surface area contributed by atoms with Crippen molar-refractivity contribution in [3.05, 3.63) is 29.8 Å². The zero-order valence-electron chi connectivity index (χ0n) is 7.28. The summed E-state index contributed by atoms with van der Waals surface area (Å²) in [6, 6.07) is 5.64. The van der Waals surface area contributed by atoms with Crippen LogP contribution in [0.5, 0.6) is 5.75 Å². The summed E-state index contributed by atoms with van der Waals surface area (Å²) in [6.07, 6.45) is 0.208. The standard InChI is InChI=1S/C10H10O3/c1-2-9(12)10(13)7-3-5-8(11)6-4-7/h3-6,11H,2H2,1H3. The molecule has 0 spiro atoms. The average molecular weight is 178 g/mol. The normalized spacial score (nSPS) is 9.62. The largest absolute Gasteiger partial charge is 0.508 e. The van der Waals surface area contributed by atoms with Crippen molar-refractivity contribution in [3.63, 3.8) is 0 Å². The lowest BCUT2D eigenvalue weighted by molar-refractivity contribution is -0.114. The first-order chi connectivity index (χ1) is 6.15. The Morgan fingerprint density at radius 3 is 2.23 bits per heavy atom. The van der Waals surface area contributed by atoms with Gasteiger partial charge >= 0.3 is 0 Å². The van der Waals surface area contributed by atoms with E-state index < -0.39 is 11.6 Å². The van der Waals surface area contributed by atoms with Gasteiger partial charge in [-0.3, -0.25) is 9.59 Å². The molecule has 0 unspecified atom stereocenters. The summed E-state index contributed by atoms with van der Waals surface area (Å²) < 4.78 is 0. The molecule has 0 saturated heterocycles. The van der Waals surface area contributed by atoms with Gasteiger partial charge in [0.1, 0.15) is 5.75 Å². The molecule has 0 aromatic heterocycles. The summed E-state index contributed by atoms with van der Waals surface area (Å²) in [5.74, 6) is -0.825. The number of aromatic hydroxyl groups is 1. The smallest absolute Gasteiger partial charge is 0.228 e. The van der Waals surface area contributed by atoms with Crippen LogP contribution in [-0.2, 0) is 4.79 Å². The van der Waals surface area contributed by atoms with Gasteiger partial charge in [0.2, 0.25) is 11.6 Å². The highest BCUT2D eigenvalue weighted by atomic mass is 16.3. The summed E-state index contributed by atoms with van der Waals surface area (Å²) in [5.41, 5.74) is 0.324. The molecule has 0 bridgehead atoms. The second-order valence-corrected chi connectivity index (χ2v) is 2.65. The zero-order valence-corrected chi connectivity index (χ0v) is 7.28. The second-order valence-electron chi connectivity index (χ2n) is 2.65. The average Bonchev–Trinajstić information content (AvgIpc) is 2.17. The van der Waals surface area contributed by atoms with Gasteiger partial charge in [0.05, 0.1) is 0 Å². The molecule has 0 aliphatic carbocycles. The maximum absolute atomic E-state index is 11.3. The van der Waals surface area contributed by atoms with Crippen molar-refractivity contribution in [1.29, 1.82) is 0 Å². The van der Waals surface area contributed by atoms with Gasteiger partial charge < -0.3 is 5.11 Å². The van der Waals surface area contributed by atoms with Crippen molar-refractivity contribution in [2.75, 3.05) is 0 Å². The van der Waals surface area contributed by atoms with Gasteiger partial charge in [-0.15, -0.1) is 0 Å². The monoisotopic (exact) mass is 178 g/mol. The summed E-state index contributed by atoms with van der Waals surface area (Å²) >= 11 is 0. The van der Waals surface area contributed by atoms with Crippen LogP contribution in [0.2, 0.25) is 0 Å². The van der Waals surface area contributed by atoms with E-state index in [-0.39, 0.29) is 12.2 Å². The van der Waals surface area contributed by atoms with Crippen LogP contribution in [0.4, 0.5) is 0 Å². The Balaban J connectivity index is 2.90. The van der Waals surface area contributed by atoms with Crippen molar-refractivity contribution >= 4 is 11.6 Å². The topological polar surface area (TPSA) is 54.4 Å². The van der Waals surface area contributed by atoms with Crippen molar-refractivity contribution in [3.8, 4) is 5.75 Å². The first-order valence-corrected chi connectivity index (χ1v) is 4.01. The molecular formula is C10H10O3. The zero-order chi connectivity index (χ0) is 9.84. The van der Waals surface area contributed by atoms with Crippen LogP contribution in [0.25, 0.3) is 0 Å². The molecule has 1 aromatic carbocycles. The van der Waals surface area contributed by atoms with E-state index in [1.807, 2.05) is 0 Å². The molecule has 0 saturated carbocycles. The Kier molecular flexibility index (Phi) is 2.80. The quantitative estimate of drug-likeness (QED) is 0.564. The van der Waals surface area contributed by atoms with Crippen LogP contribution in [0.1, 0.15) is 23.7 Å². The molecule has 68 valence electrons. The maximum atomic E-state index is 11.3. The minimum Gasteiger partial charge on any atom is -0.508 e. The number of ketones is 2. The van der Waals surface area contributed by atoms with Gasteiger partial charge in [-0.05, 0) is 24.3 Å². The van der Waals surface area contributed by atoms with E-state index in [0.29, 0.717) is 5.56 Å². The summed E-state index contributed by atoms with van der Waals surface area (Å²) in [7, 11) is 0. The molecule has 3 nitrogen and oxygen atoms in total. The fraction of sp³-hybridized carbons (Fsp3) is 0.200. The van der Waals surface area contributed by atoms with Crippen molar-refractivity contribution < 1.29 is 14.7 Å². The Morgan fingerprint density at radius 2 is 1.77 bits per heavy atom. The summed E-state index contributed by atoms with van der Waals surface area (Å²) in [6.45, 7) is 1.64. The number of benzene rings is 1. The van der Waals surface area contributed by atoms with E-state index in [9.17, 15) is 9.59 Å². The van der Waals surface area contributed by atoms with E-state index in [1.54, 1.807) is 6.92 Å². The minimum atomic E-state index is -0.498. The molecule has 0 amide bonds. The predicted octanol–water partition coefficient (Wildman–Crippen LogP) is 1.55. The van der Waals surface area contributed by atoms with Crippen LogP contribution in [0.15, 0.2) is 24.3 Å². The van der Waals surface area contributed by atoms with Gasteiger partial charge in [0.25, 0.3) is 0 Å². The first kappa shape index (κ1) is 9.45. The van der Waals surface area contributed by atoms with E-state index >= 15 is 0 Å². The fourth-order valence-corrected chi connectivity index (χ4v) is 0.934. The van der Waals surface area contributed by atoms with E-state index in [1.165, 1.54) is 24.3 Å². The number of rotatable bonds is 3. The third-order valence-corrected chi connectivity index (χ3v) is 1.70. The van der Waals surface area contributed by atoms with Crippen molar-refractivity contribution in [2.24, 2.45) is 0 Å². The molecule has 0 aliphatic heterocycles. The van der Waals surface area contributed by atoms with Gasteiger partial charge in [0, 0.05) is 12.0 Å². The van der Waals surface area contributed by atoms with Gasteiger partial charge in [-0.1, -0.05) is 6.92 Å². The number of phenolic OH excluding ortho intramolecular Hbond substituents is 1. The molecule has 1 aromatic rings. The third-order valence-electron chi connectivity index (χ3n) is 1.70. The summed E-state index contributed by atoms with van der Waals surface area (Å²) in [5, 5.41) is 8.94. The van der Waals surface area contributed by atoms with Gasteiger partial charge in [0.15, 0.2) is 0 Å². The van der Waals surface area contributed by atoms with Crippen LogP contribution >= 0.6 is 0 Å². The van der Waals surface area contributed by atoms with Crippen LogP contribution in [-0.4, -0.2) is 16.7 Å². The highest BCUT2D eigenvalue weighted by Crippen LogP contribution is 2.10. The van der Waals surface area contributed by atoms with E-state index in [2.05, 4.69) is 0 Å². The highest BCUT2D eigenvalue weighted by molar-refractivity contribution is 6.43. The number of phenols is 1. The Hall–Kier alpha value is -1.64. The SMILES string of the molecule is CCC(=O)C(=O)c1ccc(O)cc1. The molecule has 0 fully saturated rings. The Bertz CT molecular complexity index is 325. The molecule has 0 atom stereocenters. The molecule has 1 rings (SSSR count). The number of Topliss-reactive ketones (excluding diaryl/α,β-unsaturated/α-hetero) is 2. The molecular weight excluding hydrogens is 168 g/mol. The molecule has 3 heteroatoms. The third kappa shape index (κ3) is 2.15. The molecule has 0 radical (unpaired) electrons. The minimum absolute atomic E-state index is 0.0838. The lowest BCUT2D eigenvalue weighted by atomic mass is 10.1. The van der Waals surface area contributed by atoms with E-state index in [0.717, 1.165) is 0 Å². The number of hydrogen-bond donors (Lipinski definition) is 1. The van der Waals surface area contributed by atoms with Crippen molar-refractivity contribution in [1.82, 2.24) is 0 Å². The lowest BCUT2D eigenvalue weighted by Crippen LogP contribution is -2.12. The molecule has 0 aliphatic rings. The molecule has 0 heterocycles. The summed E-state index contributed by atoms with van der Waals surface area (Å²) in [4.78, 5) is 22.2. The number of carbonyl (C=O) groups excluding carboxylic acids is 2. The highest BCUT2D eigenvalue weighted by Gasteiger charge is 2.12. The molecule has 1 N–H and O–H groups in total. The lowest BCUT2D eigenvalue weighted by Gasteiger charge is -1.97. The second kappa shape index (κ2) is 3.85. The molecule has 13 heavy (non-hydrogen) atoms. The Morgan fingerprint density at radius 1 is 1.23 bits per heavy atom. The van der Waals surface area contributed by atoms with Crippen LogP contribution in [0.3, 0.4) is 0 Å². The fourth-order valence-electron chi connectivity index (χ4n) is 0.934. The maximum Gasteiger partial charge on any atom is 0.228 e. The number of carbonyl (C=O) groups is 2. The van der Waals surface area contributed by atoms with E-state index in [4.69, 9.17) is 5.11 Å².